The van der Waals surface area contributed by atoms with Crippen LogP contribution in [0.25, 0.3) is 0 Å². The van der Waals surface area contributed by atoms with Crippen LogP contribution in [0.3, 0.4) is 0 Å². The van der Waals surface area contributed by atoms with Crippen molar-refractivity contribution in [2.75, 3.05) is 5.73 Å². The fourth-order valence-corrected chi connectivity index (χ4v) is 2.08. The molecule has 3 N–H and O–H groups in total. The summed E-state index contributed by atoms with van der Waals surface area (Å²) >= 11 is 3.33. The second-order valence-electron chi connectivity index (χ2n) is 5.08. The summed E-state index contributed by atoms with van der Waals surface area (Å²) in [5, 5.41) is 2.98. The van der Waals surface area contributed by atoms with E-state index in [9.17, 15) is 4.79 Å². The number of nitrogens with two attached hydrogens (primary N) is 1. The molecule has 0 spiro atoms. The van der Waals surface area contributed by atoms with E-state index in [1.54, 1.807) is 12.1 Å². The van der Waals surface area contributed by atoms with Crippen molar-refractivity contribution in [1.29, 1.82) is 0 Å². The van der Waals surface area contributed by atoms with Crippen LogP contribution in [0.2, 0.25) is 0 Å². The minimum Gasteiger partial charge on any atom is -0.398 e. The van der Waals surface area contributed by atoms with Gasteiger partial charge in [0.25, 0.3) is 5.91 Å². The average Bonchev–Trinajstić information content (AvgIpc) is 2.26. The van der Waals surface area contributed by atoms with E-state index in [2.05, 4.69) is 35.1 Å². The molecule has 1 rings (SSSR count). The van der Waals surface area contributed by atoms with E-state index in [1.165, 1.54) is 0 Å². The molecule has 0 aliphatic carbocycles. The van der Waals surface area contributed by atoms with Gasteiger partial charge in [-0.2, -0.15) is 0 Å². The Morgan fingerprint density at radius 3 is 2.56 bits per heavy atom. The van der Waals surface area contributed by atoms with Gasteiger partial charge in [0.15, 0.2) is 0 Å². The van der Waals surface area contributed by atoms with E-state index in [0.717, 1.165) is 17.3 Å². The van der Waals surface area contributed by atoms with Crippen molar-refractivity contribution in [3.8, 4) is 0 Å². The van der Waals surface area contributed by atoms with Crippen molar-refractivity contribution in [3.63, 3.8) is 0 Å². The van der Waals surface area contributed by atoms with Crippen LogP contribution < -0.4 is 11.1 Å². The SMILES string of the molecule is CC(C)CCC(C)NC(=O)c1ccc(Br)cc1N. The Hall–Kier alpha value is -1.03. The highest BCUT2D eigenvalue weighted by atomic mass is 79.9. The molecule has 0 fully saturated rings. The lowest BCUT2D eigenvalue weighted by Gasteiger charge is -2.16. The van der Waals surface area contributed by atoms with E-state index in [1.807, 2.05) is 13.0 Å². The van der Waals surface area contributed by atoms with Crippen molar-refractivity contribution >= 4 is 27.5 Å². The maximum atomic E-state index is 12.0. The summed E-state index contributed by atoms with van der Waals surface area (Å²) in [4.78, 5) is 12.0. The number of carbonyl (C=O) groups is 1. The number of hydrogen-bond donors (Lipinski definition) is 2. The lowest BCUT2D eigenvalue weighted by Crippen LogP contribution is -2.33. The molecule has 0 aliphatic rings. The Kier molecular flexibility index (Phi) is 5.66. The first-order valence-corrected chi connectivity index (χ1v) is 7.05. The number of carbonyl (C=O) groups excluding carboxylic acids is 1. The third kappa shape index (κ3) is 4.69. The molecule has 1 unspecified atom stereocenters. The zero-order valence-electron chi connectivity index (χ0n) is 11.2. The van der Waals surface area contributed by atoms with Gasteiger partial charge in [0.1, 0.15) is 0 Å². The molecule has 1 aromatic rings. The summed E-state index contributed by atoms with van der Waals surface area (Å²) in [7, 11) is 0. The van der Waals surface area contributed by atoms with E-state index < -0.39 is 0 Å². The summed E-state index contributed by atoms with van der Waals surface area (Å²) < 4.78 is 0.879. The smallest absolute Gasteiger partial charge is 0.253 e. The van der Waals surface area contributed by atoms with Crippen molar-refractivity contribution in [2.24, 2.45) is 5.92 Å². The van der Waals surface area contributed by atoms with E-state index >= 15 is 0 Å². The number of amides is 1. The summed E-state index contributed by atoms with van der Waals surface area (Å²) in [6.07, 6.45) is 2.09. The number of rotatable bonds is 5. The predicted octanol–water partition coefficient (Wildman–Crippen LogP) is 3.59. The number of anilines is 1. The molecule has 18 heavy (non-hydrogen) atoms. The maximum absolute atomic E-state index is 12.0. The molecular weight excluding hydrogens is 292 g/mol. The van der Waals surface area contributed by atoms with Crippen LogP contribution in [0.1, 0.15) is 44.0 Å². The molecule has 0 aliphatic heterocycles. The molecular formula is C14H21BrN2O. The Morgan fingerprint density at radius 2 is 2.00 bits per heavy atom. The van der Waals surface area contributed by atoms with Crippen LogP contribution in [-0.2, 0) is 0 Å². The van der Waals surface area contributed by atoms with Gasteiger partial charge in [-0.3, -0.25) is 4.79 Å². The van der Waals surface area contributed by atoms with Gasteiger partial charge in [-0.15, -0.1) is 0 Å². The standard InChI is InChI=1S/C14H21BrN2O/c1-9(2)4-5-10(3)17-14(18)12-7-6-11(15)8-13(12)16/h6-10H,4-5,16H2,1-3H3,(H,17,18). The first kappa shape index (κ1) is 15.0. The predicted molar refractivity (Wildman–Crippen MR) is 79.6 cm³/mol. The van der Waals surface area contributed by atoms with Gasteiger partial charge in [0, 0.05) is 16.2 Å². The van der Waals surface area contributed by atoms with E-state index in [-0.39, 0.29) is 11.9 Å². The first-order chi connectivity index (χ1) is 8.40. The summed E-state index contributed by atoms with van der Waals surface area (Å²) in [5.74, 6) is 0.554. The molecule has 0 saturated heterocycles. The zero-order chi connectivity index (χ0) is 13.7. The molecule has 1 aromatic carbocycles. The summed E-state index contributed by atoms with van der Waals surface area (Å²) in [6, 6.07) is 5.48. The average molecular weight is 313 g/mol. The van der Waals surface area contributed by atoms with Gasteiger partial charge < -0.3 is 11.1 Å². The van der Waals surface area contributed by atoms with Crippen LogP contribution in [-0.4, -0.2) is 11.9 Å². The van der Waals surface area contributed by atoms with Crippen LogP contribution in [0.15, 0.2) is 22.7 Å². The second kappa shape index (κ2) is 6.78. The minimum atomic E-state index is -0.101. The molecule has 3 nitrogen and oxygen atoms in total. The van der Waals surface area contributed by atoms with Crippen LogP contribution in [0, 0.1) is 5.92 Å². The monoisotopic (exact) mass is 312 g/mol. The highest BCUT2D eigenvalue weighted by Crippen LogP contribution is 2.18. The van der Waals surface area contributed by atoms with E-state index in [4.69, 9.17) is 5.73 Å². The van der Waals surface area contributed by atoms with Crippen LogP contribution >= 0.6 is 15.9 Å². The van der Waals surface area contributed by atoms with Gasteiger partial charge >= 0.3 is 0 Å². The lowest BCUT2D eigenvalue weighted by molar-refractivity contribution is 0.0938. The minimum absolute atomic E-state index is 0.101. The molecule has 4 heteroatoms. The second-order valence-corrected chi connectivity index (χ2v) is 5.99. The van der Waals surface area contributed by atoms with Crippen molar-refractivity contribution in [3.05, 3.63) is 28.2 Å². The van der Waals surface area contributed by atoms with Gasteiger partial charge in [-0.05, 0) is 43.9 Å². The van der Waals surface area contributed by atoms with E-state index in [0.29, 0.717) is 17.2 Å². The first-order valence-electron chi connectivity index (χ1n) is 6.26. The molecule has 100 valence electrons. The van der Waals surface area contributed by atoms with Gasteiger partial charge in [0.05, 0.1) is 5.56 Å². The molecule has 0 heterocycles. The summed E-state index contributed by atoms with van der Waals surface area (Å²) in [6.45, 7) is 6.39. The largest absolute Gasteiger partial charge is 0.398 e. The normalized spacial score (nSPS) is 12.5. The quantitative estimate of drug-likeness (QED) is 0.816. The van der Waals surface area contributed by atoms with Crippen molar-refractivity contribution in [2.45, 2.75) is 39.7 Å². The maximum Gasteiger partial charge on any atom is 0.253 e. The number of halogens is 1. The summed E-state index contributed by atoms with van der Waals surface area (Å²) in [5.41, 5.74) is 6.86. The van der Waals surface area contributed by atoms with Gasteiger partial charge in [-0.1, -0.05) is 29.8 Å². The molecule has 0 bridgehead atoms. The number of benzene rings is 1. The molecule has 0 radical (unpaired) electrons. The highest BCUT2D eigenvalue weighted by Gasteiger charge is 2.12. The zero-order valence-corrected chi connectivity index (χ0v) is 12.8. The van der Waals surface area contributed by atoms with Gasteiger partial charge in [0.2, 0.25) is 0 Å². The number of nitrogens with one attached hydrogen (secondary N) is 1. The molecule has 0 saturated carbocycles. The fourth-order valence-electron chi connectivity index (χ4n) is 1.70. The number of nitrogen functional groups attached to an aromatic ring is 1. The van der Waals surface area contributed by atoms with Crippen LogP contribution in [0.4, 0.5) is 5.69 Å². The van der Waals surface area contributed by atoms with Gasteiger partial charge in [-0.25, -0.2) is 0 Å². The number of hydrogen-bond acceptors (Lipinski definition) is 2. The Balaban J connectivity index is 2.59. The van der Waals surface area contributed by atoms with Crippen LogP contribution in [0.5, 0.6) is 0 Å². The Morgan fingerprint density at radius 1 is 1.33 bits per heavy atom. The third-order valence-electron chi connectivity index (χ3n) is 2.81. The van der Waals surface area contributed by atoms with Crippen molar-refractivity contribution in [1.82, 2.24) is 5.32 Å². The third-order valence-corrected chi connectivity index (χ3v) is 3.31. The highest BCUT2D eigenvalue weighted by molar-refractivity contribution is 9.10. The topological polar surface area (TPSA) is 55.1 Å². The molecule has 1 atom stereocenters. The molecule has 1 amide bonds. The lowest BCUT2D eigenvalue weighted by atomic mass is 10.0. The Labute approximate surface area is 117 Å². The molecule has 0 aromatic heterocycles. The fraction of sp³-hybridized carbons (Fsp3) is 0.500. The van der Waals surface area contributed by atoms with Crippen molar-refractivity contribution < 1.29 is 4.79 Å². The Bertz CT molecular complexity index is 418.